The summed E-state index contributed by atoms with van der Waals surface area (Å²) in [6, 6.07) is 0. The van der Waals surface area contributed by atoms with Gasteiger partial charge in [0.25, 0.3) is 0 Å². The molecule has 2 atom stereocenters. The normalized spacial score (nSPS) is 35.2. The zero-order valence-electron chi connectivity index (χ0n) is 6.04. The van der Waals surface area contributed by atoms with Gasteiger partial charge in [0, 0.05) is 50.6 Å². The zero-order chi connectivity index (χ0) is 6.10. The molecule has 0 N–H and O–H groups in total. The maximum atomic E-state index is 3.19. The summed E-state index contributed by atoms with van der Waals surface area (Å²) in [5.74, 6) is 8.55. The molecule has 0 heterocycles. The van der Waals surface area contributed by atoms with Gasteiger partial charge in [-0.05, 0) is 31.1 Å². The average Bonchev–Trinajstić information content (AvgIpc) is 2.46. The summed E-state index contributed by atoms with van der Waals surface area (Å²) in [5.41, 5.74) is 0. The molecule has 1 saturated carbocycles. The van der Waals surface area contributed by atoms with E-state index >= 15 is 0 Å². The van der Waals surface area contributed by atoms with Gasteiger partial charge in [-0.1, -0.05) is 0 Å². The Bertz CT molecular complexity index is 147. The second-order valence-electron chi connectivity index (χ2n) is 3.19. The first-order valence-electron chi connectivity index (χ1n) is 3.92. The van der Waals surface area contributed by atoms with Crippen LogP contribution in [-0.2, 0) is 0 Å². The Morgan fingerprint density at radius 3 is 1.90 bits per heavy atom. The van der Waals surface area contributed by atoms with E-state index in [1.54, 1.807) is 0 Å². The first-order chi connectivity index (χ1) is 4.47. The van der Waals surface area contributed by atoms with Crippen LogP contribution in [0.1, 0.15) is 32.1 Å². The molecule has 0 radical (unpaired) electrons. The molecule has 0 bridgehead atoms. The molecule has 56 valence electrons. The minimum Gasteiger partial charge on any atom is -0.103 e. The Labute approximate surface area is 92.8 Å². The van der Waals surface area contributed by atoms with Crippen LogP contribution in [0, 0.1) is 61.4 Å². The van der Waals surface area contributed by atoms with Crippen molar-refractivity contribution in [2.24, 2.45) is 11.8 Å². The van der Waals surface area contributed by atoms with Crippen molar-refractivity contribution < 1.29 is 37.7 Å². The second-order valence-corrected chi connectivity index (χ2v) is 3.19. The molecule has 0 aromatic carbocycles. The van der Waals surface area contributed by atoms with Gasteiger partial charge in [-0.2, -0.15) is 0 Å². The van der Waals surface area contributed by atoms with Gasteiger partial charge >= 0.3 is 0 Å². The SMILES string of the molecule is C1#CCC[C@H]2C[C@H]2CC1.[Ar]. The van der Waals surface area contributed by atoms with E-state index in [4.69, 9.17) is 0 Å². The van der Waals surface area contributed by atoms with Crippen LogP contribution in [0.25, 0.3) is 0 Å². The molecule has 0 spiro atoms. The van der Waals surface area contributed by atoms with Gasteiger partial charge in [-0.25, -0.2) is 0 Å². The molecule has 2 aliphatic carbocycles. The molecule has 1 heteroatoms. The van der Waals surface area contributed by atoms with Crippen molar-refractivity contribution in [1.82, 2.24) is 0 Å². The van der Waals surface area contributed by atoms with Gasteiger partial charge in [0.1, 0.15) is 0 Å². The van der Waals surface area contributed by atoms with E-state index in [0.717, 1.165) is 11.8 Å². The summed E-state index contributed by atoms with van der Waals surface area (Å²) in [6.07, 6.45) is 6.61. The van der Waals surface area contributed by atoms with Gasteiger partial charge in [0.15, 0.2) is 0 Å². The molecule has 0 aromatic rings. The largest absolute Gasteiger partial charge is 0.103 e. The van der Waals surface area contributed by atoms with E-state index in [9.17, 15) is 0 Å². The fraction of sp³-hybridized carbons (Fsp3) is 0.778. The van der Waals surface area contributed by atoms with Crippen molar-refractivity contribution in [3.63, 3.8) is 0 Å². The van der Waals surface area contributed by atoms with Crippen molar-refractivity contribution in [2.45, 2.75) is 32.1 Å². The minimum atomic E-state index is 0. The third kappa shape index (κ3) is 2.15. The van der Waals surface area contributed by atoms with E-state index in [-0.39, 0.29) is 37.7 Å². The van der Waals surface area contributed by atoms with E-state index < -0.39 is 0 Å². The monoisotopic (exact) mass is 160 g/mol. The molecular formula is C9H12Ar. The quantitative estimate of drug-likeness (QED) is 0.476. The van der Waals surface area contributed by atoms with Crippen LogP contribution in [0.15, 0.2) is 0 Å². The van der Waals surface area contributed by atoms with Crippen LogP contribution < -0.4 is 0 Å². The molecule has 2 rings (SSSR count). The van der Waals surface area contributed by atoms with Crippen molar-refractivity contribution in [3.05, 3.63) is 0 Å². The van der Waals surface area contributed by atoms with Crippen molar-refractivity contribution >= 4 is 0 Å². The van der Waals surface area contributed by atoms with Crippen LogP contribution in [0.2, 0.25) is 0 Å². The van der Waals surface area contributed by atoms with E-state index in [2.05, 4.69) is 11.8 Å². The molecule has 0 saturated heterocycles. The van der Waals surface area contributed by atoms with Crippen LogP contribution in [0.3, 0.4) is 0 Å². The Balaban J connectivity index is 0.000000500. The van der Waals surface area contributed by atoms with Gasteiger partial charge in [0.05, 0.1) is 0 Å². The molecule has 0 aromatic heterocycles. The fourth-order valence-electron chi connectivity index (χ4n) is 1.71. The van der Waals surface area contributed by atoms with Crippen LogP contribution in [-0.4, -0.2) is 0 Å². The number of rotatable bonds is 0. The molecule has 10 heavy (non-hydrogen) atoms. The Hall–Kier alpha value is 0.820. The summed E-state index contributed by atoms with van der Waals surface area (Å²) in [5, 5.41) is 0. The number of hydrogen-bond acceptors (Lipinski definition) is 0. The predicted octanol–water partition coefficient (Wildman–Crippen LogP) is 2.20. The molecular weight excluding hydrogens is 148 g/mol. The molecule has 0 unspecified atom stereocenters. The maximum absolute atomic E-state index is 3.19. The fourth-order valence-corrected chi connectivity index (χ4v) is 1.71. The third-order valence-corrected chi connectivity index (χ3v) is 2.47. The third-order valence-electron chi connectivity index (χ3n) is 2.47. The summed E-state index contributed by atoms with van der Waals surface area (Å²) in [4.78, 5) is 0. The van der Waals surface area contributed by atoms with E-state index in [1.807, 2.05) is 0 Å². The molecule has 2 aliphatic rings. The summed E-state index contributed by atoms with van der Waals surface area (Å²) >= 11 is 0. The zero-order valence-corrected chi connectivity index (χ0v) is 6.75. The molecule has 0 aliphatic heterocycles. The first kappa shape index (κ1) is 8.91. The average molecular weight is 160 g/mol. The first-order valence-corrected chi connectivity index (χ1v) is 3.92. The van der Waals surface area contributed by atoms with Gasteiger partial charge < -0.3 is 0 Å². The van der Waals surface area contributed by atoms with Crippen LogP contribution in [0.5, 0.6) is 0 Å². The maximum Gasteiger partial charge on any atom is 0.00914 e. The summed E-state index contributed by atoms with van der Waals surface area (Å²) in [7, 11) is 0. The minimum absolute atomic E-state index is 0. The predicted molar refractivity (Wildman–Crippen MR) is 37.8 cm³/mol. The van der Waals surface area contributed by atoms with Crippen LogP contribution in [0.4, 0.5) is 0 Å². The topological polar surface area (TPSA) is 0 Å². The molecule has 0 amide bonds. The molecule has 0 nitrogen and oxygen atoms in total. The van der Waals surface area contributed by atoms with Gasteiger partial charge in [-0.15, -0.1) is 11.8 Å². The Kier molecular flexibility index (Phi) is 3.56. The number of fused-ring (bicyclic) bond motifs is 1. The van der Waals surface area contributed by atoms with Crippen molar-refractivity contribution in [3.8, 4) is 11.8 Å². The van der Waals surface area contributed by atoms with Crippen molar-refractivity contribution in [1.29, 1.82) is 0 Å². The van der Waals surface area contributed by atoms with E-state index in [0.29, 0.717) is 0 Å². The van der Waals surface area contributed by atoms with Gasteiger partial charge in [0.2, 0.25) is 0 Å². The molecule has 1 fully saturated rings. The smallest absolute Gasteiger partial charge is 0.00914 e. The summed E-state index contributed by atoms with van der Waals surface area (Å²) < 4.78 is 0. The van der Waals surface area contributed by atoms with Crippen LogP contribution >= 0.6 is 0 Å². The second kappa shape index (κ2) is 4.00. The van der Waals surface area contributed by atoms with E-state index in [1.165, 1.54) is 32.1 Å². The van der Waals surface area contributed by atoms with Gasteiger partial charge in [-0.3, -0.25) is 0 Å². The Morgan fingerprint density at radius 2 is 1.40 bits per heavy atom. The van der Waals surface area contributed by atoms with Crippen molar-refractivity contribution in [2.75, 3.05) is 0 Å². The number of hydrogen-bond donors (Lipinski definition) is 0. The summed E-state index contributed by atoms with van der Waals surface area (Å²) in [6.45, 7) is 0. The standard InChI is InChI=1S/C9H12.Ar/c1-2-4-6-9-7-8(9)5-3-1;/h8-9H,3-7H2;/t8-,9+;. The Morgan fingerprint density at radius 1 is 0.900 bits per heavy atom.